The molecule has 0 atom stereocenters. The lowest BCUT2D eigenvalue weighted by Gasteiger charge is -2.25. The minimum Gasteiger partial charge on any atom is -0.496 e. The minimum atomic E-state index is 0.836. The number of methoxy groups -OCH3 is 1. The summed E-state index contributed by atoms with van der Waals surface area (Å²) in [5.74, 6) is 0.970. The van der Waals surface area contributed by atoms with Crippen molar-refractivity contribution >= 4 is 0 Å². The van der Waals surface area contributed by atoms with Gasteiger partial charge in [-0.15, -0.1) is 0 Å². The predicted octanol–water partition coefficient (Wildman–Crippen LogP) is 6.99. The molecule has 0 saturated carbocycles. The van der Waals surface area contributed by atoms with Gasteiger partial charge in [0.1, 0.15) is 5.75 Å². The summed E-state index contributed by atoms with van der Waals surface area (Å²) in [6, 6.07) is 17.3. The number of unbranched alkanes of at least 4 members (excludes halogenated alkanes) is 1. The third kappa shape index (κ3) is 5.58. The van der Waals surface area contributed by atoms with E-state index in [0.717, 1.165) is 55.0 Å². The molecule has 0 spiro atoms. The third-order valence-corrected chi connectivity index (χ3v) is 6.25. The van der Waals surface area contributed by atoms with E-state index in [-0.39, 0.29) is 0 Å². The molecule has 0 radical (unpaired) electrons. The van der Waals surface area contributed by atoms with E-state index >= 15 is 0 Å². The van der Waals surface area contributed by atoms with E-state index in [0.29, 0.717) is 0 Å². The summed E-state index contributed by atoms with van der Waals surface area (Å²) in [5, 5.41) is 0. The first-order chi connectivity index (χ1) is 15.6. The monoisotopic (exact) mass is 430 g/mol. The summed E-state index contributed by atoms with van der Waals surface area (Å²) in [7, 11) is 1.79. The van der Waals surface area contributed by atoms with Gasteiger partial charge >= 0.3 is 0 Å². The zero-order chi connectivity index (χ0) is 22.9. The molecule has 0 saturated heterocycles. The van der Waals surface area contributed by atoms with Gasteiger partial charge in [0.2, 0.25) is 0 Å². The highest BCUT2D eigenvalue weighted by Gasteiger charge is 2.19. The molecule has 3 heteroatoms. The zero-order valence-electron chi connectivity index (χ0n) is 20.4. The van der Waals surface area contributed by atoms with Crippen LogP contribution in [0.3, 0.4) is 0 Å². The van der Waals surface area contributed by atoms with Gasteiger partial charge in [-0.25, -0.2) is 0 Å². The van der Waals surface area contributed by atoms with Crippen LogP contribution in [0.4, 0.5) is 0 Å². The minimum absolute atomic E-state index is 0.836. The van der Waals surface area contributed by atoms with Crippen LogP contribution in [0, 0.1) is 6.92 Å². The van der Waals surface area contributed by atoms with E-state index in [1.807, 2.05) is 6.20 Å². The van der Waals surface area contributed by atoms with Crippen LogP contribution in [0.15, 0.2) is 54.7 Å². The van der Waals surface area contributed by atoms with Crippen LogP contribution in [0.5, 0.6) is 5.75 Å². The molecule has 1 aromatic heterocycles. The summed E-state index contributed by atoms with van der Waals surface area (Å²) < 4.78 is 5.97. The highest BCUT2D eigenvalue weighted by atomic mass is 16.5. The molecule has 0 fully saturated rings. The Hall–Kier alpha value is -2.65. The number of nitrogens with zero attached hydrogens (tertiary/aromatic N) is 2. The molecule has 3 rings (SSSR count). The molecule has 0 unspecified atom stereocenters. The number of ether oxygens (including phenoxy) is 1. The Kier molecular flexibility index (Phi) is 8.87. The van der Waals surface area contributed by atoms with E-state index in [1.165, 1.54) is 35.1 Å². The first kappa shape index (κ1) is 24.0. The molecule has 0 aliphatic rings. The number of benzene rings is 2. The molecule has 0 N–H and O–H groups in total. The maximum absolute atomic E-state index is 5.97. The Labute approximate surface area is 194 Å². The summed E-state index contributed by atoms with van der Waals surface area (Å²) in [6.45, 7) is 11.7. The van der Waals surface area contributed by atoms with Gasteiger partial charge in [0.15, 0.2) is 0 Å². The maximum atomic E-state index is 5.97. The Bertz CT molecular complexity index is 975. The number of hydrogen-bond donors (Lipinski definition) is 0. The van der Waals surface area contributed by atoms with Gasteiger partial charge in [-0.1, -0.05) is 75.7 Å². The second-order valence-corrected chi connectivity index (χ2v) is 8.50. The quantitative estimate of drug-likeness (QED) is 0.328. The lowest BCUT2D eigenvalue weighted by atomic mass is 9.92. The lowest BCUT2D eigenvalue weighted by Crippen LogP contribution is -2.24. The summed E-state index contributed by atoms with van der Waals surface area (Å²) in [5.41, 5.74) is 8.68. The second-order valence-electron chi connectivity index (χ2n) is 8.50. The van der Waals surface area contributed by atoms with Crippen molar-refractivity contribution in [2.45, 2.75) is 66.5 Å². The summed E-state index contributed by atoms with van der Waals surface area (Å²) in [6.07, 6.45) is 6.40. The fraction of sp³-hybridized carbons (Fsp3) is 0.414. The topological polar surface area (TPSA) is 25.4 Å². The largest absolute Gasteiger partial charge is 0.496 e. The standard InChI is InChI=1S/C29H38N2O/c1-6-9-18-31(20-23-14-11-10-12-15-23)21-26-19-30-28(22(4)29(26)32-5)27-24(7-2)16-13-17-25(27)8-3/h10-17,19H,6-9,18,20-21H2,1-5H3. The van der Waals surface area contributed by atoms with Gasteiger partial charge in [0.05, 0.1) is 12.8 Å². The number of aromatic nitrogens is 1. The van der Waals surface area contributed by atoms with Gasteiger partial charge in [0.25, 0.3) is 0 Å². The summed E-state index contributed by atoms with van der Waals surface area (Å²) >= 11 is 0. The first-order valence-corrected chi connectivity index (χ1v) is 12.0. The van der Waals surface area contributed by atoms with Crippen LogP contribution >= 0.6 is 0 Å². The zero-order valence-corrected chi connectivity index (χ0v) is 20.4. The van der Waals surface area contributed by atoms with Crippen LogP contribution in [0.1, 0.15) is 61.4 Å². The fourth-order valence-electron chi connectivity index (χ4n) is 4.52. The molecule has 170 valence electrons. The number of aryl methyl sites for hydroxylation is 2. The SMILES string of the molecule is CCCCN(Cc1ccccc1)Cc1cnc(-c2c(CC)cccc2CC)c(C)c1OC. The number of hydrogen-bond acceptors (Lipinski definition) is 3. The molecular weight excluding hydrogens is 392 g/mol. The van der Waals surface area contributed by atoms with Crippen molar-refractivity contribution in [3.05, 3.63) is 82.5 Å². The smallest absolute Gasteiger partial charge is 0.129 e. The lowest BCUT2D eigenvalue weighted by molar-refractivity contribution is 0.248. The van der Waals surface area contributed by atoms with Gasteiger partial charge in [-0.05, 0) is 49.4 Å². The van der Waals surface area contributed by atoms with Crippen LogP contribution in [0.2, 0.25) is 0 Å². The molecule has 32 heavy (non-hydrogen) atoms. The van der Waals surface area contributed by atoms with Crippen molar-refractivity contribution in [2.75, 3.05) is 13.7 Å². The average molecular weight is 431 g/mol. The van der Waals surface area contributed by atoms with Crippen molar-refractivity contribution in [3.8, 4) is 17.0 Å². The maximum Gasteiger partial charge on any atom is 0.129 e. The Balaban J connectivity index is 1.97. The number of pyridine rings is 1. The highest BCUT2D eigenvalue weighted by Crippen LogP contribution is 2.36. The molecular formula is C29H38N2O. The van der Waals surface area contributed by atoms with Gasteiger partial charge in [-0.2, -0.15) is 0 Å². The Morgan fingerprint density at radius 1 is 0.844 bits per heavy atom. The Morgan fingerprint density at radius 2 is 1.53 bits per heavy atom. The Morgan fingerprint density at radius 3 is 2.12 bits per heavy atom. The molecule has 0 aliphatic heterocycles. The highest BCUT2D eigenvalue weighted by molar-refractivity contribution is 5.73. The second kappa shape index (κ2) is 11.8. The van der Waals surface area contributed by atoms with Gasteiger partial charge < -0.3 is 4.74 Å². The number of rotatable bonds is 11. The van der Waals surface area contributed by atoms with Crippen molar-refractivity contribution in [1.82, 2.24) is 9.88 Å². The van der Waals surface area contributed by atoms with E-state index in [2.05, 4.69) is 81.1 Å². The van der Waals surface area contributed by atoms with Crippen molar-refractivity contribution in [3.63, 3.8) is 0 Å². The molecule has 1 heterocycles. The van der Waals surface area contributed by atoms with E-state index in [4.69, 9.17) is 9.72 Å². The molecule has 3 aromatic rings. The molecule has 3 nitrogen and oxygen atoms in total. The predicted molar refractivity (Wildman–Crippen MR) is 135 cm³/mol. The van der Waals surface area contributed by atoms with Crippen molar-refractivity contribution in [2.24, 2.45) is 0 Å². The van der Waals surface area contributed by atoms with Crippen LogP contribution in [-0.2, 0) is 25.9 Å². The average Bonchev–Trinajstić information content (AvgIpc) is 2.83. The van der Waals surface area contributed by atoms with E-state index in [1.54, 1.807) is 7.11 Å². The molecule has 2 aromatic carbocycles. The van der Waals surface area contributed by atoms with Crippen LogP contribution < -0.4 is 4.74 Å². The van der Waals surface area contributed by atoms with Gasteiger partial charge in [0, 0.05) is 36.0 Å². The third-order valence-electron chi connectivity index (χ3n) is 6.25. The normalized spacial score (nSPS) is 11.2. The van der Waals surface area contributed by atoms with Crippen molar-refractivity contribution < 1.29 is 4.74 Å². The van der Waals surface area contributed by atoms with E-state index < -0.39 is 0 Å². The molecule has 0 amide bonds. The summed E-state index contributed by atoms with van der Waals surface area (Å²) in [4.78, 5) is 7.52. The molecule has 0 bridgehead atoms. The van der Waals surface area contributed by atoms with Gasteiger partial charge in [-0.3, -0.25) is 9.88 Å². The first-order valence-electron chi connectivity index (χ1n) is 12.0. The molecule has 0 aliphatic carbocycles. The van der Waals surface area contributed by atoms with Crippen LogP contribution in [-0.4, -0.2) is 23.5 Å². The fourth-order valence-corrected chi connectivity index (χ4v) is 4.52. The van der Waals surface area contributed by atoms with Crippen LogP contribution in [0.25, 0.3) is 11.3 Å². The van der Waals surface area contributed by atoms with E-state index in [9.17, 15) is 0 Å². The van der Waals surface area contributed by atoms with Crippen molar-refractivity contribution in [1.29, 1.82) is 0 Å².